The molecule has 1 unspecified atom stereocenters. The summed E-state index contributed by atoms with van der Waals surface area (Å²) in [7, 11) is -0.425. The number of aromatic nitrogens is 2. The van der Waals surface area contributed by atoms with Crippen molar-refractivity contribution in [3.63, 3.8) is 0 Å². The van der Waals surface area contributed by atoms with Crippen LogP contribution in [-0.2, 0) is 18.8 Å². The van der Waals surface area contributed by atoms with E-state index in [4.69, 9.17) is 18.8 Å². The van der Waals surface area contributed by atoms with Crippen LogP contribution in [0.3, 0.4) is 0 Å². The number of nitrogens with zero attached hydrogens (tertiary/aromatic N) is 1. The van der Waals surface area contributed by atoms with E-state index in [1.54, 1.807) is 6.20 Å². The van der Waals surface area contributed by atoms with E-state index < -0.39 is 7.12 Å². The third-order valence-electron chi connectivity index (χ3n) is 4.24. The number of aromatic amines is 1. The van der Waals surface area contributed by atoms with Crippen LogP contribution in [0.4, 0.5) is 0 Å². The van der Waals surface area contributed by atoms with Gasteiger partial charge in [-0.2, -0.15) is 0 Å². The lowest BCUT2D eigenvalue weighted by atomic mass is 9.86. The zero-order valence-electron chi connectivity index (χ0n) is 12.4. The summed E-state index contributed by atoms with van der Waals surface area (Å²) in [6.07, 6.45) is 1.61. The van der Waals surface area contributed by atoms with Crippen LogP contribution in [0.5, 0.6) is 0 Å². The lowest BCUT2D eigenvalue weighted by Gasteiger charge is -2.32. The van der Waals surface area contributed by atoms with Gasteiger partial charge in [-0.3, -0.25) is 0 Å². The molecule has 1 aromatic rings. The van der Waals surface area contributed by atoms with Crippen molar-refractivity contribution in [3.05, 3.63) is 12.0 Å². The van der Waals surface area contributed by atoms with Gasteiger partial charge in [-0.1, -0.05) is 0 Å². The van der Waals surface area contributed by atoms with E-state index in [2.05, 4.69) is 9.97 Å². The van der Waals surface area contributed by atoms with Gasteiger partial charge in [-0.05, 0) is 27.7 Å². The first kappa shape index (κ1) is 14.1. The van der Waals surface area contributed by atoms with Gasteiger partial charge in [0.2, 0.25) is 0 Å². The van der Waals surface area contributed by atoms with Crippen molar-refractivity contribution in [2.45, 2.75) is 45.0 Å². The maximum atomic E-state index is 5.99. The summed E-state index contributed by atoms with van der Waals surface area (Å²) in [5.41, 5.74) is 0.105. The Morgan fingerprint density at radius 1 is 1.20 bits per heavy atom. The molecule has 2 saturated heterocycles. The van der Waals surface area contributed by atoms with Crippen LogP contribution in [0.2, 0.25) is 0 Å². The van der Waals surface area contributed by atoms with Gasteiger partial charge in [0.1, 0.15) is 11.9 Å². The summed E-state index contributed by atoms with van der Waals surface area (Å²) in [5.74, 6) is 0.759. The molecule has 2 aliphatic heterocycles. The first-order valence-corrected chi connectivity index (χ1v) is 6.99. The van der Waals surface area contributed by atoms with Crippen LogP contribution in [-0.4, -0.2) is 48.1 Å². The van der Waals surface area contributed by atoms with Crippen LogP contribution in [0.15, 0.2) is 6.20 Å². The fourth-order valence-corrected chi connectivity index (χ4v) is 2.25. The topological polar surface area (TPSA) is 65.6 Å². The predicted molar refractivity (Wildman–Crippen MR) is 73.8 cm³/mol. The molecule has 0 aromatic carbocycles. The van der Waals surface area contributed by atoms with Crippen LogP contribution >= 0.6 is 0 Å². The number of imidazole rings is 1. The summed E-state index contributed by atoms with van der Waals surface area (Å²) in [4.78, 5) is 7.59. The summed E-state index contributed by atoms with van der Waals surface area (Å²) in [5, 5.41) is 0. The minimum absolute atomic E-state index is 0.139. The molecule has 7 heteroatoms. The average Bonchev–Trinajstić information content (AvgIpc) is 2.94. The van der Waals surface area contributed by atoms with Crippen LogP contribution < -0.4 is 5.59 Å². The second-order valence-electron chi connectivity index (χ2n) is 6.25. The van der Waals surface area contributed by atoms with Gasteiger partial charge in [0.25, 0.3) is 0 Å². The monoisotopic (exact) mass is 280 g/mol. The highest BCUT2D eigenvalue weighted by molar-refractivity contribution is 6.61. The van der Waals surface area contributed by atoms with Gasteiger partial charge in [-0.25, -0.2) is 4.98 Å². The second kappa shape index (κ2) is 4.84. The molecule has 0 saturated carbocycles. The van der Waals surface area contributed by atoms with Gasteiger partial charge >= 0.3 is 7.12 Å². The minimum atomic E-state index is -0.425. The van der Waals surface area contributed by atoms with Crippen molar-refractivity contribution >= 4 is 12.7 Å². The van der Waals surface area contributed by atoms with E-state index in [9.17, 15) is 0 Å². The van der Waals surface area contributed by atoms with Gasteiger partial charge in [0, 0.05) is 6.20 Å². The molecule has 110 valence electrons. The molecule has 0 aliphatic carbocycles. The molecule has 3 rings (SSSR count). The predicted octanol–water partition coefficient (Wildman–Crippen LogP) is 0.797. The highest BCUT2D eigenvalue weighted by atomic mass is 16.7. The van der Waals surface area contributed by atoms with Crippen molar-refractivity contribution in [2.24, 2.45) is 0 Å². The zero-order valence-corrected chi connectivity index (χ0v) is 12.4. The number of nitrogens with one attached hydrogen (secondary N) is 1. The fourth-order valence-electron chi connectivity index (χ4n) is 2.25. The summed E-state index contributed by atoms with van der Waals surface area (Å²) < 4.78 is 23.0. The number of rotatable bonds is 2. The third kappa shape index (κ3) is 2.39. The largest absolute Gasteiger partial charge is 0.513 e. The Kier molecular flexibility index (Phi) is 3.40. The average molecular weight is 280 g/mol. The van der Waals surface area contributed by atoms with E-state index in [0.29, 0.717) is 19.8 Å². The smallest absolute Gasteiger partial charge is 0.398 e. The van der Waals surface area contributed by atoms with E-state index in [1.165, 1.54) is 0 Å². The number of hydrogen-bond donors (Lipinski definition) is 1. The molecular weight excluding hydrogens is 259 g/mol. The van der Waals surface area contributed by atoms with E-state index in [-0.39, 0.29) is 17.3 Å². The molecule has 2 fully saturated rings. The van der Waals surface area contributed by atoms with Crippen molar-refractivity contribution < 1.29 is 18.8 Å². The number of H-pyrrole nitrogens is 1. The minimum Gasteiger partial charge on any atom is -0.398 e. The van der Waals surface area contributed by atoms with E-state index >= 15 is 0 Å². The van der Waals surface area contributed by atoms with Crippen LogP contribution in [0.1, 0.15) is 39.6 Å². The summed E-state index contributed by atoms with van der Waals surface area (Å²) in [6.45, 7) is 9.88. The SMILES string of the molecule is CC1(C)OB(c2cnc(C3COCCO3)[nH]2)OC1(C)C. The second-order valence-corrected chi connectivity index (χ2v) is 6.25. The Morgan fingerprint density at radius 2 is 1.90 bits per heavy atom. The quantitative estimate of drug-likeness (QED) is 0.812. The normalized spacial score (nSPS) is 28.8. The highest BCUT2D eigenvalue weighted by Gasteiger charge is 2.52. The van der Waals surface area contributed by atoms with Gasteiger partial charge in [0.05, 0.1) is 36.6 Å². The standard InChI is InChI=1S/C13H21BN2O4/c1-12(2)13(3,4)20-14(19-12)10-7-15-11(16-10)9-8-17-5-6-18-9/h7,9H,5-6,8H2,1-4H3,(H,15,16). The van der Waals surface area contributed by atoms with Crippen molar-refractivity contribution in [2.75, 3.05) is 19.8 Å². The molecule has 1 N–H and O–H groups in total. The first-order valence-electron chi connectivity index (χ1n) is 6.99. The van der Waals surface area contributed by atoms with Crippen molar-refractivity contribution in [1.82, 2.24) is 9.97 Å². The summed E-state index contributed by atoms with van der Waals surface area (Å²) in [6, 6.07) is 0. The fraction of sp³-hybridized carbons (Fsp3) is 0.769. The van der Waals surface area contributed by atoms with Gasteiger partial charge in [0.15, 0.2) is 0 Å². The number of ether oxygens (including phenoxy) is 2. The van der Waals surface area contributed by atoms with Crippen molar-refractivity contribution in [3.8, 4) is 0 Å². The molecule has 0 spiro atoms. The molecule has 0 amide bonds. The van der Waals surface area contributed by atoms with E-state index in [1.807, 2.05) is 27.7 Å². The molecule has 3 heterocycles. The van der Waals surface area contributed by atoms with Crippen LogP contribution in [0, 0.1) is 0 Å². The maximum Gasteiger partial charge on any atom is 0.513 e. The van der Waals surface area contributed by atoms with Crippen LogP contribution in [0.25, 0.3) is 0 Å². The van der Waals surface area contributed by atoms with Gasteiger partial charge < -0.3 is 23.8 Å². The molecule has 6 nitrogen and oxygen atoms in total. The molecule has 2 aliphatic rings. The molecule has 0 bridgehead atoms. The Labute approximate surface area is 119 Å². The molecule has 20 heavy (non-hydrogen) atoms. The molecule has 1 atom stereocenters. The van der Waals surface area contributed by atoms with Gasteiger partial charge in [-0.15, -0.1) is 0 Å². The zero-order chi connectivity index (χ0) is 14.4. The highest BCUT2D eigenvalue weighted by Crippen LogP contribution is 2.36. The van der Waals surface area contributed by atoms with Crippen molar-refractivity contribution in [1.29, 1.82) is 0 Å². The maximum absolute atomic E-state index is 5.99. The first-order chi connectivity index (χ1) is 9.39. The lowest BCUT2D eigenvalue weighted by molar-refractivity contribution is -0.0932. The third-order valence-corrected chi connectivity index (χ3v) is 4.24. The lowest BCUT2D eigenvalue weighted by Crippen LogP contribution is -2.41. The molecular formula is C13H21BN2O4. The number of hydrogen-bond acceptors (Lipinski definition) is 5. The molecule has 0 radical (unpaired) electrons. The molecule has 1 aromatic heterocycles. The Bertz CT molecular complexity index is 466. The van der Waals surface area contributed by atoms with E-state index in [0.717, 1.165) is 11.4 Å². The Morgan fingerprint density at radius 3 is 2.50 bits per heavy atom. The Hall–Kier alpha value is -0.885. The summed E-state index contributed by atoms with van der Waals surface area (Å²) >= 11 is 0. The Balaban J connectivity index is 1.74.